The van der Waals surface area contributed by atoms with Crippen LogP contribution in [0, 0.1) is 10.1 Å². The lowest BCUT2D eigenvalue weighted by Crippen LogP contribution is -2.06. The highest BCUT2D eigenvalue weighted by atomic mass is 16.6. The third-order valence-corrected chi connectivity index (χ3v) is 2.60. The molecule has 104 valence electrons. The summed E-state index contributed by atoms with van der Waals surface area (Å²) in [6.45, 7) is 3.09. The maximum absolute atomic E-state index is 10.9. The Balaban J connectivity index is 2.15. The van der Waals surface area contributed by atoms with Gasteiger partial charge in [0.1, 0.15) is 11.6 Å². The van der Waals surface area contributed by atoms with Crippen molar-refractivity contribution in [2.24, 2.45) is 0 Å². The first kappa shape index (κ1) is 13.7. The molecule has 0 aliphatic rings. The summed E-state index contributed by atoms with van der Waals surface area (Å²) >= 11 is 0. The molecule has 0 aliphatic carbocycles. The topological polar surface area (TPSA) is 93.0 Å². The molecule has 0 radical (unpaired) electrons. The number of anilines is 2. The van der Waals surface area contributed by atoms with E-state index in [2.05, 4.69) is 20.6 Å². The van der Waals surface area contributed by atoms with E-state index in [0.29, 0.717) is 24.7 Å². The van der Waals surface area contributed by atoms with Crippen LogP contribution in [-0.2, 0) is 6.54 Å². The van der Waals surface area contributed by atoms with Gasteiger partial charge in [-0.05, 0) is 24.6 Å². The first-order valence-electron chi connectivity index (χ1n) is 6.22. The Morgan fingerprint density at radius 1 is 1.20 bits per heavy atom. The Kier molecular flexibility index (Phi) is 4.43. The third-order valence-electron chi connectivity index (χ3n) is 2.60. The largest absolute Gasteiger partial charge is 0.370 e. The predicted octanol–water partition coefficient (Wildman–Crippen LogP) is 2.43. The summed E-state index contributed by atoms with van der Waals surface area (Å²) in [5.74, 6) is 0.950. The number of nitro groups is 1. The van der Waals surface area contributed by atoms with Crippen LogP contribution >= 0.6 is 0 Å². The minimum absolute atomic E-state index is 0.00757. The molecule has 0 saturated heterocycles. The number of hydrogen-bond acceptors (Lipinski definition) is 6. The van der Waals surface area contributed by atoms with E-state index in [1.165, 1.54) is 12.1 Å². The maximum Gasteiger partial charge on any atom is 0.276 e. The Bertz CT molecular complexity index is 589. The maximum atomic E-state index is 10.9. The van der Waals surface area contributed by atoms with E-state index < -0.39 is 4.92 Å². The highest BCUT2D eigenvalue weighted by Gasteiger charge is 2.10. The molecule has 0 aromatic carbocycles. The second kappa shape index (κ2) is 6.46. The molecule has 0 amide bonds. The number of pyridine rings is 2. The van der Waals surface area contributed by atoms with E-state index in [4.69, 9.17) is 0 Å². The van der Waals surface area contributed by atoms with Gasteiger partial charge in [-0.1, -0.05) is 0 Å². The molecule has 2 aromatic heterocycles. The van der Waals surface area contributed by atoms with Gasteiger partial charge in [-0.2, -0.15) is 0 Å². The number of hydrogen-bond donors (Lipinski definition) is 2. The van der Waals surface area contributed by atoms with Crippen molar-refractivity contribution < 1.29 is 4.92 Å². The van der Waals surface area contributed by atoms with Gasteiger partial charge in [0.15, 0.2) is 0 Å². The Morgan fingerprint density at radius 3 is 2.45 bits per heavy atom. The fourth-order valence-corrected chi connectivity index (χ4v) is 1.68. The van der Waals surface area contributed by atoms with Crippen LogP contribution in [0.4, 0.5) is 17.3 Å². The SMILES string of the molecule is CCNc1cc([N+](=O)[O-])cc(NCc2ccncc2)n1. The van der Waals surface area contributed by atoms with Crippen molar-refractivity contribution >= 4 is 17.3 Å². The summed E-state index contributed by atoms with van der Waals surface area (Å²) in [6, 6.07) is 6.58. The number of rotatable bonds is 6. The fraction of sp³-hybridized carbons (Fsp3) is 0.231. The summed E-state index contributed by atoms with van der Waals surface area (Å²) < 4.78 is 0. The lowest BCUT2D eigenvalue weighted by molar-refractivity contribution is -0.384. The van der Waals surface area contributed by atoms with Gasteiger partial charge in [-0.3, -0.25) is 15.1 Å². The molecule has 0 saturated carbocycles. The molecule has 2 heterocycles. The number of aromatic nitrogens is 2. The van der Waals surface area contributed by atoms with Crippen LogP contribution in [0.5, 0.6) is 0 Å². The highest BCUT2D eigenvalue weighted by Crippen LogP contribution is 2.20. The van der Waals surface area contributed by atoms with Crippen LogP contribution in [0.2, 0.25) is 0 Å². The van der Waals surface area contributed by atoms with E-state index in [1.54, 1.807) is 12.4 Å². The molecule has 0 aliphatic heterocycles. The smallest absolute Gasteiger partial charge is 0.276 e. The predicted molar refractivity (Wildman–Crippen MR) is 76.6 cm³/mol. The first-order chi connectivity index (χ1) is 9.69. The third kappa shape index (κ3) is 3.64. The standard InChI is InChI=1S/C13H15N5O2/c1-2-15-12-7-11(18(19)20)8-13(17-12)16-9-10-3-5-14-6-4-10/h3-8H,2,9H2,1H3,(H2,15,16,17). The molecule has 7 nitrogen and oxygen atoms in total. The van der Waals surface area contributed by atoms with Crippen LogP contribution in [0.1, 0.15) is 12.5 Å². The zero-order valence-electron chi connectivity index (χ0n) is 11.0. The average molecular weight is 273 g/mol. The van der Waals surface area contributed by atoms with Gasteiger partial charge in [0.2, 0.25) is 0 Å². The Morgan fingerprint density at radius 2 is 1.85 bits per heavy atom. The van der Waals surface area contributed by atoms with Crippen LogP contribution in [0.3, 0.4) is 0 Å². The highest BCUT2D eigenvalue weighted by molar-refractivity contribution is 5.54. The van der Waals surface area contributed by atoms with Crippen molar-refractivity contribution in [3.63, 3.8) is 0 Å². The van der Waals surface area contributed by atoms with E-state index in [1.807, 2.05) is 19.1 Å². The van der Waals surface area contributed by atoms with Crippen molar-refractivity contribution in [2.75, 3.05) is 17.2 Å². The van der Waals surface area contributed by atoms with E-state index in [-0.39, 0.29) is 5.69 Å². The summed E-state index contributed by atoms with van der Waals surface area (Å²) in [4.78, 5) is 18.7. The van der Waals surface area contributed by atoms with Crippen molar-refractivity contribution in [3.05, 3.63) is 52.3 Å². The lowest BCUT2D eigenvalue weighted by Gasteiger charge is -2.08. The zero-order chi connectivity index (χ0) is 14.4. The molecule has 2 N–H and O–H groups in total. The lowest BCUT2D eigenvalue weighted by atomic mass is 10.2. The minimum Gasteiger partial charge on any atom is -0.370 e. The number of nitrogens with zero attached hydrogens (tertiary/aromatic N) is 3. The molecule has 0 spiro atoms. The molecule has 0 fully saturated rings. The summed E-state index contributed by atoms with van der Waals surface area (Å²) in [5, 5.41) is 16.9. The summed E-state index contributed by atoms with van der Waals surface area (Å²) in [6.07, 6.45) is 3.39. The van der Waals surface area contributed by atoms with Gasteiger partial charge >= 0.3 is 0 Å². The van der Waals surface area contributed by atoms with Gasteiger partial charge in [0.05, 0.1) is 17.1 Å². The Hall–Kier alpha value is -2.70. The zero-order valence-corrected chi connectivity index (χ0v) is 11.0. The molecular formula is C13H15N5O2. The molecule has 20 heavy (non-hydrogen) atoms. The molecule has 0 bridgehead atoms. The van der Waals surface area contributed by atoms with Crippen molar-refractivity contribution in [1.29, 1.82) is 0 Å². The second-order valence-electron chi connectivity index (χ2n) is 4.09. The fourth-order valence-electron chi connectivity index (χ4n) is 1.68. The second-order valence-corrected chi connectivity index (χ2v) is 4.09. The monoisotopic (exact) mass is 273 g/mol. The van der Waals surface area contributed by atoms with Gasteiger partial charge in [0, 0.05) is 25.5 Å². The molecular weight excluding hydrogens is 258 g/mol. The van der Waals surface area contributed by atoms with Crippen molar-refractivity contribution in [1.82, 2.24) is 9.97 Å². The molecule has 0 atom stereocenters. The normalized spacial score (nSPS) is 10.1. The molecule has 0 unspecified atom stereocenters. The average Bonchev–Trinajstić information content (AvgIpc) is 2.46. The quantitative estimate of drug-likeness (QED) is 0.620. The van der Waals surface area contributed by atoms with Gasteiger partial charge in [0.25, 0.3) is 5.69 Å². The summed E-state index contributed by atoms with van der Waals surface area (Å²) in [7, 11) is 0. The first-order valence-corrected chi connectivity index (χ1v) is 6.22. The van der Waals surface area contributed by atoms with E-state index in [9.17, 15) is 10.1 Å². The van der Waals surface area contributed by atoms with Crippen LogP contribution in [0.15, 0.2) is 36.7 Å². The van der Waals surface area contributed by atoms with Crippen LogP contribution in [-0.4, -0.2) is 21.4 Å². The van der Waals surface area contributed by atoms with Crippen molar-refractivity contribution in [3.8, 4) is 0 Å². The minimum atomic E-state index is -0.430. The van der Waals surface area contributed by atoms with E-state index in [0.717, 1.165) is 5.56 Å². The van der Waals surface area contributed by atoms with Crippen LogP contribution < -0.4 is 10.6 Å². The van der Waals surface area contributed by atoms with Crippen molar-refractivity contribution in [2.45, 2.75) is 13.5 Å². The molecule has 2 rings (SSSR count). The van der Waals surface area contributed by atoms with Gasteiger partial charge < -0.3 is 10.6 Å². The van der Waals surface area contributed by atoms with E-state index >= 15 is 0 Å². The Labute approximate surface area is 116 Å². The van der Waals surface area contributed by atoms with Gasteiger partial charge in [-0.15, -0.1) is 0 Å². The molecule has 2 aromatic rings. The number of nitrogens with one attached hydrogen (secondary N) is 2. The van der Waals surface area contributed by atoms with Gasteiger partial charge in [-0.25, -0.2) is 4.98 Å². The van der Waals surface area contributed by atoms with Crippen LogP contribution in [0.25, 0.3) is 0 Å². The molecule has 7 heteroatoms. The summed E-state index contributed by atoms with van der Waals surface area (Å²) in [5.41, 5.74) is 1.03.